The van der Waals surface area contributed by atoms with Crippen molar-refractivity contribution in [3.8, 4) is 11.6 Å². The summed E-state index contributed by atoms with van der Waals surface area (Å²) in [5, 5.41) is 0. The predicted octanol–water partition coefficient (Wildman–Crippen LogP) is 3.89. The van der Waals surface area contributed by atoms with Gasteiger partial charge in [-0.1, -0.05) is 28.1 Å². The zero-order valence-corrected chi connectivity index (χ0v) is 13.0. The molecule has 0 bridgehead atoms. The van der Waals surface area contributed by atoms with Crippen molar-refractivity contribution in [3.63, 3.8) is 0 Å². The van der Waals surface area contributed by atoms with Gasteiger partial charge in [0, 0.05) is 21.8 Å². The number of benzene rings is 1. The number of nitrogens with zero attached hydrogens (tertiary/aromatic N) is 1. The summed E-state index contributed by atoms with van der Waals surface area (Å²) in [7, 11) is 0. The second kappa shape index (κ2) is 5.67. The van der Waals surface area contributed by atoms with Gasteiger partial charge >= 0.3 is 0 Å². The first-order valence-electron chi connectivity index (χ1n) is 5.68. The molecule has 1 aromatic carbocycles. The molecule has 0 atom stereocenters. The Bertz CT molecular complexity index is 643. The number of pyridine rings is 1. The third-order valence-corrected chi connectivity index (χ3v) is 3.69. The molecular formula is C14H13BrN2OS. The van der Waals surface area contributed by atoms with Crippen molar-refractivity contribution >= 4 is 33.1 Å². The molecule has 98 valence electrons. The minimum atomic E-state index is 0.335. The molecule has 0 aliphatic carbocycles. The smallest absolute Gasteiger partial charge is 0.220 e. The summed E-state index contributed by atoms with van der Waals surface area (Å²) in [5.74, 6) is 1.22. The highest BCUT2D eigenvalue weighted by Crippen LogP contribution is 2.25. The zero-order chi connectivity index (χ0) is 14.0. The average Bonchev–Trinajstić information content (AvgIpc) is 2.33. The molecule has 5 heteroatoms. The van der Waals surface area contributed by atoms with Crippen molar-refractivity contribution in [1.29, 1.82) is 0 Å². The fourth-order valence-electron chi connectivity index (χ4n) is 1.63. The molecule has 0 fully saturated rings. The first-order valence-corrected chi connectivity index (χ1v) is 6.88. The van der Waals surface area contributed by atoms with Crippen LogP contribution in [-0.2, 0) is 0 Å². The van der Waals surface area contributed by atoms with Gasteiger partial charge in [-0.05, 0) is 43.7 Å². The van der Waals surface area contributed by atoms with Crippen molar-refractivity contribution in [1.82, 2.24) is 4.98 Å². The van der Waals surface area contributed by atoms with Crippen LogP contribution in [0.25, 0.3) is 0 Å². The van der Waals surface area contributed by atoms with E-state index < -0.39 is 0 Å². The quantitative estimate of drug-likeness (QED) is 0.864. The van der Waals surface area contributed by atoms with Crippen LogP contribution < -0.4 is 10.5 Å². The summed E-state index contributed by atoms with van der Waals surface area (Å²) in [6.45, 7) is 3.88. The minimum absolute atomic E-state index is 0.335. The van der Waals surface area contributed by atoms with E-state index in [2.05, 4.69) is 20.9 Å². The van der Waals surface area contributed by atoms with E-state index >= 15 is 0 Å². The molecule has 0 saturated heterocycles. The number of ether oxygens (including phenoxy) is 1. The third-order valence-electron chi connectivity index (χ3n) is 2.57. The Morgan fingerprint density at radius 1 is 1.26 bits per heavy atom. The van der Waals surface area contributed by atoms with Gasteiger partial charge in [-0.3, -0.25) is 0 Å². The zero-order valence-electron chi connectivity index (χ0n) is 10.6. The van der Waals surface area contributed by atoms with E-state index in [1.165, 1.54) is 0 Å². The number of thiocarbonyl (C=S) groups is 1. The van der Waals surface area contributed by atoms with Gasteiger partial charge in [0.05, 0.1) is 0 Å². The molecule has 0 spiro atoms. The number of rotatable bonds is 3. The summed E-state index contributed by atoms with van der Waals surface area (Å²) in [4.78, 5) is 4.65. The Hall–Kier alpha value is -1.46. The highest BCUT2D eigenvalue weighted by molar-refractivity contribution is 9.10. The van der Waals surface area contributed by atoms with E-state index in [-0.39, 0.29) is 0 Å². The summed E-state index contributed by atoms with van der Waals surface area (Å²) >= 11 is 8.42. The number of nitrogens with two attached hydrogens (primary N) is 1. The van der Waals surface area contributed by atoms with Crippen LogP contribution in [0.4, 0.5) is 0 Å². The molecule has 3 nitrogen and oxygen atoms in total. The molecule has 0 aliphatic heterocycles. The summed E-state index contributed by atoms with van der Waals surface area (Å²) in [6.07, 6.45) is 0. The van der Waals surface area contributed by atoms with Crippen LogP contribution in [0, 0.1) is 13.8 Å². The molecular weight excluding hydrogens is 324 g/mol. The van der Waals surface area contributed by atoms with Gasteiger partial charge < -0.3 is 10.5 Å². The number of hydrogen-bond acceptors (Lipinski definition) is 3. The molecule has 0 amide bonds. The monoisotopic (exact) mass is 336 g/mol. The topological polar surface area (TPSA) is 48.1 Å². The van der Waals surface area contributed by atoms with Crippen LogP contribution in [0.3, 0.4) is 0 Å². The largest absolute Gasteiger partial charge is 0.439 e. The molecule has 1 aromatic heterocycles. The standard InChI is InChI=1S/C14H13BrN2OS/c1-8-5-11(3-4-12(8)15)18-13-7-10(14(16)19)6-9(2)17-13/h3-7H,1-2H3,(H2,16,19). The maximum absolute atomic E-state index is 5.74. The SMILES string of the molecule is Cc1cc(C(N)=S)cc(Oc2ccc(Br)c(C)c2)n1. The van der Waals surface area contributed by atoms with E-state index in [1.54, 1.807) is 6.07 Å². The highest BCUT2D eigenvalue weighted by Gasteiger charge is 2.05. The fraction of sp³-hybridized carbons (Fsp3) is 0.143. The van der Waals surface area contributed by atoms with Crippen LogP contribution in [0.2, 0.25) is 0 Å². The second-order valence-corrected chi connectivity index (χ2v) is 5.51. The molecule has 2 rings (SSSR count). The fourth-order valence-corrected chi connectivity index (χ4v) is 2.00. The van der Waals surface area contributed by atoms with E-state index in [0.717, 1.165) is 27.0 Å². The molecule has 0 radical (unpaired) electrons. The first-order chi connectivity index (χ1) is 8.95. The Balaban J connectivity index is 2.32. The van der Waals surface area contributed by atoms with Crippen molar-refractivity contribution < 1.29 is 4.74 Å². The molecule has 19 heavy (non-hydrogen) atoms. The van der Waals surface area contributed by atoms with E-state index in [4.69, 9.17) is 22.7 Å². The van der Waals surface area contributed by atoms with E-state index in [1.807, 2.05) is 38.1 Å². The predicted molar refractivity (Wildman–Crippen MR) is 83.8 cm³/mol. The van der Waals surface area contributed by atoms with Crippen LogP contribution in [0.1, 0.15) is 16.8 Å². The summed E-state index contributed by atoms with van der Waals surface area (Å²) in [6, 6.07) is 9.33. The Morgan fingerprint density at radius 3 is 2.63 bits per heavy atom. The lowest BCUT2D eigenvalue weighted by atomic mass is 10.2. The number of halogens is 1. The molecule has 0 saturated carbocycles. The highest BCUT2D eigenvalue weighted by atomic mass is 79.9. The van der Waals surface area contributed by atoms with Crippen molar-refractivity contribution in [2.75, 3.05) is 0 Å². The lowest BCUT2D eigenvalue weighted by molar-refractivity contribution is 0.461. The maximum Gasteiger partial charge on any atom is 0.220 e. The van der Waals surface area contributed by atoms with Crippen molar-refractivity contribution in [2.45, 2.75) is 13.8 Å². The van der Waals surface area contributed by atoms with Gasteiger partial charge in [0.25, 0.3) is 0 Å². The van der Waals surface area contributed by atoms with Crippen LogP contribution >= 0.6 is 28.1 Å². The number of aromatic nitrogens is 1. The van der Waals surface area contributed by atoms with Crippen molar-refractivity contribution in [2.24, 2.45) is 5.73 Å². The number of aryl methyl sites for hydroxylation is 2. The van der Waals surface area contributed by atoms with Gasteiger partial charge in [0.15, 0.2) is 0 Å². The van der Waals surface area contributed by atoms with E-state index in [9.17, 15) is 0 Å². The van der Waals surface area contributed by atoms with Gasteiger partial charge in [-0.25, -0.2) is 4.98 Å². The first kappa shape index (κ1) is 14.0. The Labute approximate surface area is 125 Å². The third kappa shape index (κ3) is 3.52. The van der Waals surface area contributed by atoms with E-state index in [0.29, 0.717) is 10.9 Å². The van der Waals surface area contributed by atoms with Crippen LogP contribution in [-0.4, -0.2) is 9.97 Å². The van der Waals surface area contributed by atoms with Crippen molar-refractivity contribution in [3.05, 3.63) is 51.6 Å². The lowest BCUT2D eigenvalue weighted by Crippen LogP contribution is -2.10. The second-order valence-electron chi connectivity index (χ2n) is 4.21. The average molecular weight is 337 g/mol. The van der Waals surface area contributed by atoms with Gasteiger partial charge in [0.1, 0.15) is 10.7 Å². The van der Waals surface area contributed by atoms with Gasteiger partial charge in [-0.15, -0.1) is 0 Å². The summed E-state index contributed by atoms with van der Waals surface area (Å²) < 4.78 is 6.78. The van der Waals surface area contributed by atoms with Gasteiger partial charge in [0.2, 0.25) is 5.88 Å². The maximum atomic E-state index is 5.74. The Morgan fingerprint density at radius 2 is 2.00 bits per heavy atom. The normalized spacial score (nSPS) is 10.3. The molecule has 0 unspecified atom stereocenters. The lowest BCUT2D eigenvalue weighted by Gasteiger charge is -2.09. The molecule has 2 aromatic rings. The molecule has 1 heterocycles. The summed E-state index contributed by atoms with van der Waals surface area (Å²) in [5.41, 5.74) is 8.30. The van der Waals surface area contributed by atoms with Gasteiger partial charge in [-0.2, -0.15) is 0 Å². The molecule has 0 aliphatic rings. The minimum Gasteiger partial charge on any atom is -0.439 e. The van der Waals surface area contributed by atoms with Crippen LogP contribution in [0.5, 0.6) is 11.6 Å². The Kier molecular flexibility index (Phi) is 4.17. The number of hydrogen-bond donors (Lipinski definition) is 1. The molecule has 2 N–H and O–H groups in total. The van der Waals surface area contributed by atoms with Crippen LogP contribution in [0.15, 0.2) is 34.8 Å².